The molecule has 0 aliphatic heterocycles. The Morgan fingerprint density at radius 1 is 1.15 bits per heavy atom. The standard InChI is InChI=1S/C22H22N8O2S/c1-12-10-18(28-27-12)25-19-17-4-3-9-30(17)29-22(26-19)33-14-7-5-13(6-8-14)24-21(32)16-11-15(16)20(31)23-2/h3-10,15-16H,11H2,1-2H3,(H,23,31)(H,24,32)(H2,25,26,27,28,29). The molecule has 1 saturated carbocycles. The van der Waals surface area contributed by atoms with Gasteiger partial charge in [0.2, 0.25) is 17.0 Å². The van der Waals surface area contributed by atoms with E-state index in [1.54, 1.807) is 11.6 Å². The predicted octanol–water partition coefficient (Wildman–Crippen LogP) is 2.98. The highest BCUT2D eigenvalue weighted by atomic mass is 32.2. The summed E-state index contributed by atoms with van der Waals surface area (Å²) in [6, 6.07) is 13.2. The van der Waals surface area contributed by atoms with Crippen molar-refractivity contribution in [3.8, 4) is 0 Å². The van der Waals surface area contributed by atoms with Crippen LogP contribution in [0.25, 0.3) is 5.52 Å². The number of aromatic amines is 1. The first-order valence-electron chi connectivity index (χ1n) is 10.4. The average Bonchev–Trinajstić information content (AvgIpc) is 3.29. The summed E-state index contributed by atoms with van der Waals surface area (Å²) in [5.74, 6) is 0.638. The third-order valence-electron chi connectivity index (χ3n) is 5.37. The number of aromatic nitrogens is 5. The number of hydrogen-bond donors (Lipinski definition) is 4. The van der Waals surface area contributed by atoms with Gasteiger partial charge < -0.3 is 16.0 Å². The molecule has 3 heterocycles. The molecule has 2 atom stereocenters. The number of aryl methyl sites for hydroxylation is 1. The lowest BCUT2D eigenvalue weighted by molar-refractivity contribution is -0.124. The first-order valence-corrected chi connectivity index (χ1v) is 11.3. The van der Waals surface area contributed by atoms with E-state index in [0.717, 1.165) is 16.1 Å². The second-order valence-electron chi connectivity index (χ2n) is 7.82. The Morgan fingerprint density at radius 2 is 1.94 bits per heavy atom. The van der Waals surface area contributed by atoms with Gasteiger partial charge in [-0.1, -0.05) is 0 Å². The number of hydrogen-bond acceptors (Lipinski definition) is 7. The zero-order valence-corrected chi connectivity index (χ0v) is 18.8. The lowest BCUT2D eigenvalue weighted by atomic mass is 10.2. The molecule has 2 amide bonds. The Labute approximate surface area is 193 Å². The number of rotatable bonds is 7. The van der Waals surface area contributed by atoms with Crippen molar-refractivity contribution in [2.24, 2.45) is 11.8 Å². The molecule has 1 aliphatic rings. The number of H-pyrrole nitrogens is 1. The van der Waals surface area contributed by atoms with Crippen LogP contribution in [0.15, 0.2) is 58.7 Å². The van der Waals surface area contributed by atoms with Gasteiger partial charge in [0.15, 0.2) is 11.6 Å². The van der Waals surface area contributed by atoms with E-state index in [2.05, 4.69) is 36.2 Å². The number of carbonyl (C=O) groups excluding carboxylic acids is 2. The molecule has 4 N–H and O–H groups in total. The fourth-order valence-electron chi connectivity index (χ4n) is 3.56. The van der Waals surface area contributed by atoms with Gasteiger partial charge in [0.05, 0.1) is 11.8 Å². The molecule has 10 nitrogen and oxygen atoms in total. The summed E-state index contributed by atoms with van der Waals surface area (Å²) in [4.78, 5) is 29.6. The largest absolute Gasteiger partial charge is 0.359 e. The first-order chi connectivity index (χ1) is 16.0. The minimum atomic E-state index is -0.259. The van der Waals surface area contributed by atoms with Crippen molar-refractivity contribution >= 4 is 46.4 Å². The predicted molar refractivity (Wildman–Crippen MR) is 124 cm³/mol. The fraction of sp³-hybridized carbons (Fsp3) is 0.227. The van der Waals surface area contributed by atoms with Crippen molar-refractivity contribution in [1.29, 1.82) is 0 Å². The van der Waals surface area contributed by atoms with E-state index in [-0.39, 0.29) is 23.7 Å². The number of amides is 2. The molecule has 1 fully saturated rings. The number of carbonyl (C=O) groups is 2. The summed E-state index contributed by atoms with van der Waals surface area (Å²) in [5.41, 5.74) is 2.48. The molecule has 4 aromatic rings. The third-order valence-corrected chi connectivity index (χ3v) is 6.23. The van der Waals surface area contributed by atoms with Crippen LogP contribution in [-0.2, 0) is 9.59 Å². The van der Waals surface area contributed by atoms with E-state index in [0.29, 0.717) is 28.9 Å². The number of nitrogens with zero attached hydrogens (tertiary/aromatic N) is 4. The molecule has 2 unspecified atom stereocenters. The molecule has 0 radical (unpaired) electrons. The second kappa shape index (κ2) is 8.58. The minimum absolute atomic E-state index is 0.0853. The maximum Gasteiger partial charge on any atom is 0.228 e. The zero-order chi connectivity index (χ0) is 22.9. The number of anilines is 3. The Balaban J connectivity index is 1.28. The molecule has 33 heavy (non-hydrogen) atoms. The maximum absolute atomic E-state index is 12.3. The highest BCUT2D eigenvalue weighted by molar-refractivity contribution is 7.99. The lowest BCUT2D eigenvalue weighted by Gasteiger charge is -2.09. The highest BCUT2D eigenvalue weighted by Crippen LogP contribution is 2.39. The van der Waals surface area contributed by atoms with Gasteiger partial charge in [-0.05, 0) is 61.5 Å². The van der Waals surface area contributed by atoms with E-state index in [1.807, 2.05) is 55.6 Å². The summed E-state index contributed by atoms with van der Waals surface area (Å²) >= 11 is 1.41. The van der Waals surface area contributed by atoms with Crippen molar-refractivity contribution in [3.63, 3.8) is 0 Å². The van der Waals surface area contributed by atoms with Crippen molar-refractivity contribution in [1.82, 2.24) is 30.1 Å². The molecule has 0 saturated heterocycles. The van der Waals surface area contributed by atoms with Crippen LogP contribution in [0.4, 0.5) is 17.3 Å². The fourth-order valence-corrected chi connectivity index (χ4v) is 4.31. The molecule has 3 aromatic heterocycles. The smallest absolute Gasteiger partial charge is 0.228 e. The second-order valence-corrected chi connectivity index (χ2v) is 8.86. The van der Waals surface area contributed by atoms with Gasteiger partial charge >= 0.3 is 0 Å². The van der Waals surface area contributed by atoms with Crippen LogP contribution in [0.1, 0.15) is 12.1 Å². The Kier molecular flexibility index (Phi) is 5.47. The summed E-state index contributed by atoms with van der Waals surface area (Å²) in [6.07, 6.45) is 2.46. The lowest BCUT2D eigenvalue weighted by Crippen LogP contribution is -2.23. The minimum Gasteiger partial charge on any atom is -0.359 e. The van der Waals surface area contributed by atoms with Crippen LogP contribution in [0, 0.1) is 18.8 Å². The van der Waals surface area contributed by atoms with E-state index in [9.17, 15) is 9.59 Å². The van der Waals surface area contributed by atoms with Gasteiger partial charge in [-0.3, -0.25) is 14.7 Å². The quantitative estimate of drug-likeness (QED) is 0.332. The highest BCUT2D eigenvalue weighted by Gasteiger charge is 2.47. The van der Waals surface area contributed by atoms with Crippen molar-refractivity contribution in [2.45, 2.75) is 23.4 Å². The van der Waals surface area contributed by atoms with E-state index in [1.165, 1.54) is 11.8 Å². The van der Waals surface area contributed by atoms with Crippen LogP contribution in [0.5, 0.6) is 0 Å². The van der Waals surface area contributed by atoms with Gasteiger partial charge in [-0.25, -0.2) is 9.50 Å². The molecule has 168 valence electrons. The van der Waals surface area contributed by atoms with Crippen LogP contribution in [0.2, 0.25) is 0 Å². The number of benzene rings is 1. The van der Waals surface area contributed by atoms with Gasteiger partial charge in [0.1, 0.15) is 5.52 Å². The molecule has 11 heteroatoms. The Bertz CT molecular complexity index is 1330. The molecule has 0 spiro atoms. The monoisotopic (exact) mass is 462 g/mol. The molecular formula is C22H22N8O2S. The van der Waals surface area contributed by atoms with Crippen LogP contribution in [0.3, 0.4) is 0 Å². The zero-order valence-electron chi connectivity index (χ0n) is 18.0. The molecular weight excluding hydrogens is 440 g/mol. The first kappa shape index (κ1) is 21.0. The van der Waals surface area contributed by atoms with Gasteiger partial charge in [0, 0.05) is 35.6 Å². The Hall–Kier alpha value is -3.86. The van der Waals surface area contributed by atoms with Crippen molar-refractivity contribution in [2.75, 3.05) is 17.7 Å². The summed E-state index contributed by atoms with van der Waals surface area (Å²) < 4.78 is 1.77. The van der Waals surface area contributed by atoms with Gasteiger partial charge in [0.25, 0.3) is 0 Å². The van der Waals surface area contributed by atoms with Crippen molar-refractivity contribution in [3.05, 3.63) is 54.4 Å². The van der Waals surface area contributed by atoms with E-state index < -0.39 is 0 Å². The number of fused-ring (bicyclic) bond motifs is 1. The normalized spacial score (nSPS) is 17.0. The topological polar surface area (TPSA) is 129 Å². The Morgan fingerprint density at radius 3 is 2.67 bits per heavy atom. The third kappa shape index (κ3) is 4.53. The molecule has 0 bridgehead atoms. The van der Waals surface area contributed by atoms with Crippen molar-refractivity contribution < 1.29 is 9.59 Å². The van der Waals surface area contributed by atoms with Crippen LogP contribution in [-0.4, -0.2) is 43.7 Å². The number of nitrogens with one attached hydrogen (secondary N) is 4. The van der Waals surface area contributed by atoms with Gasteiger partial charge in [-0.15, -0.1) is 5.10 Å². The van der Waals surface area contributed by atoms with Crippen LogP contribution < -0.4 is 16.0 Å². The maximum atomic E-state index is 12.3. The molecule has 1 aliphatic carbocycles. The SMILES string of the molecule is CNC(=O)C1CC1C(=O)Nc1ccc(Sc2nc(Nc3cc(C)[nH]n3)c3cccn3n2)cc1. The summed E-state index contributed by atoms with van der Waals surface area (Å²) in [5, 5.41) is 21.0. The van der Waals surface area contributed by atoms with E-state index >= 15 is 0 Å². The summed E-state index contributed by atoms with van der Waals surface area (Å²) in [7, 11) is 1.58. The molecule has 5 rings (SSSR count). The van der Waals surface area contributed by atoms with E-state index in [4.69, 9.17) is 0 Å². The molecule has 1 aromatic carbocycles. The van der Waals surface area contributed by atoms with Gasteiger partial charge in [-0.2, -0.15) is 5.10 Å². The average molecular weight is 463 g/mol. The van der Waals surface area contributed by atoms with Crippen LogP contribution >= 0.6 is 11.8 Å². The summed E-state index contributed by atoms with van der Waals surface area (Å²) in [6.45, 7) is 1.93.